The summed E-state index contributed by atoms with van der Waals surface area (Å²) in [5.74, 6) is -0.522. The van der Waals surface area contributed by atoms with Gasteiger partial charge in [-0.15, -0.1) is 0 Å². The van der Waals surface area contributed by atoms with Crippen LogP contribution in [0.3, 0.4) is 0 Å². The van der Waals surface area contributed by atoms with Crippen LogP contribution >= 0.6 is 23.2 Å². The lowest BCUT2D eigenvalue weighted by Gasteiger charge is -2.20. The van der Waals surface area contributed by atoms with E-state index in [1.807, 2.05) is 0 Å². The molecular formula is C16H15Cl2NO4S. The van der Waals surface area contributed by atoms with E-state index in [0.717, 1.165) is 4.31 Å². The highest BCUT2D eigenvalue weighted by molar-refractivity contribution is 7.93. The fourth-order valence-corrected chi connectivity index (χ4v) is 3.93. The van der Waals surface area contributed by atoms with Crippen molar-refractivity contribution in [1.82, 2.24) is 0 Å². The number of esters is 1. The first kappa shape index (κ1) is 18.6. The van der Waals surface area contributed by atoms with Gasteiger partial charge in [-0.1, -0.05) is 29.3 Å². The highest BCUT2D eigenvalue weighted by Gasteiger charge is 2.25. The topological polar surface area (TPSA) is 63.7 Å². The second-order valence-corrected chi connectivity index (χ2v) is 7.60. The quantitative estimate of drug-likeness (QED) is 0.727. The fourth-order valence-electron chi connectivity index (χ4n) is 2.00. The third-order valence-corrected chi connectivity index (χ3v) is 5.75. The number of ether oxygens (including phenoxy) is 1. The molecule has 24 heavy (non-hydrogen) atoms. The summed E-state index contributed by atoms with van der Waals surface area (Å²) < 4.78 is 31.5. The van der Waals surface area contributed by atoms with Crippen molar-refractivity contribution in [2.75, 3.05) is 18.0 Å². The van der Waals surface area contributed by atoms with Gasteiger partial charge in [0.15, 0.2) is 0 Å². The molecule has 0 unspecified atom stereocenters. The van der Waals surface area contributed by atoms with Gasteiger partial charge in [0.25, 0.3) is 10.0 Å². The summed E-state index contributed by atoms with van der Waals surface area (Å²) in [6, 6.07) is 10.3. The van der Waals surface area contributed by atoms with Gasteiger partial charge >= 0.3 is 5.97 Å². The van der Waals surface area contributed by atoms with Crippen LogP contribution < -0.4 is 4.31 Å². The number of benzene rings is 2. The van der Waals surface area contributed by atoms with Crippen LogP contribution in [0.5, 0.6) is 0 Å². The molecule has 0 fully saturated rings. The largest absolute Gasteiger partial charge is 0.462 e. The number of nitrogens with zero attached hydrogens (tertiary/aromatic N) is 1. The second-order valence-electron chi connectivity index (χ2n) is 4.82. The number of hydrogen-bond acceptors (Lipinski definition) is 4. The summed E-state index contributed by atoms with van der Waals surface area (Å²) in [4.78, 5) is 11.7. The third kappa shape index (κ3) is 3.83. The summed E-state index contributed by atoms with van der Waals surface area (Å²) in [5, 5.41) is 0.319. The van der Waals surface area contributed by atoms with Crippen molar-refractivity contribution in [2.45, 2.75) is 11.8 Å². The van der Waals surface area contributed by atoms with Gasteiger partial charge in [-0.3, -0.25) is 4.31 Å². The highest BCUT2D eigenvalue weighted by Crippen LogP contribution is 2.30. The van der Waals surface area contributed by atoms with Gasteiger partial charge in [-0.2, -0.15) is 0 Å². The molecule has 0 N–H and O–H groups in total. The van der Waals surface area contributed by atoms with E-state index >= 15 is 0 Å². The zero-order valence-electron chi connectivity index (χ0n) is 13.0. The molecule has 0 atom stereocenters. The molecule has 2 aromatic rings. The van der Waals surface area contributed by atoms with E-state index in [9.17, 15) is 13.2 Å². The summed E-state index contributed by atoms with van der Waals surface area (Å²) in [7, 11) is -2.56. The molecule has 0 radical (unpaired) electrons. The van der Waals surface area contributed by atoms with Gasteiger partial charge in [0.05, 0.1) is 22.9 Å². The first-order chi connectivity index (χ1) is 11.3. The van der Waals surface area contributed by atoms with Crippen molar-refractivity contribution in [1.29, 1.82) is 0 Å². The highest BCUT2D eigenvalue weighted by atomic mass is 35.5. The van der Waals surface area contributed by atoms with Crippen LogP contribution in [0.25, 0.3) is 0 Å². The van der Waals surface area contributed by atoms with Gasteiger partial charge in [0, 0.05) is 12.1 Å². The minimum atomic E-state index is -3.94. The number of hydrogen-bond donors (Lipinski definition) is 0. The van der Waals surface area contributed by atoms with Crippen LogP contribution in [0.15, 0.2) is 47.4 Å². The van der Waals surface area contributed by atoms with Gasteiger partial charge in [-0.25, -0.2) is 13.2 Å². The van der Waals surface area contributed by atoms with Gasteiger partial charge in [-0.05, 0) is 43.3 Å². The van der Waals surface area contributed by atoms with Gasteiger partial charge in [0.2, 0.25) is 0 Å². The van der Waals surface area contributed by atoms with Crippen molar-refractivity contribution in [3.8, 4) is 0 Å². The van der Waals surface area contributed by atoms with Crippen LogP contribution in [0.4, 0.5) is 5.69 Å². The molecule has 2 rings (SSSR count). The maximum atomic E-state index is 12.8. The Hall–Kier alpha value is -1.76. The molecule has 0 heterocycles. The molecule has 128 valence electrons. The predicted molar refractivity (Wildman–Crippen MR) is 94.4 cm³/mol. The number of carbonyl (C=O) groups is 1. The summed E-state index contributed by atoms with van der Waals surface area (Å²) >= 11 is 11.9. The van der Waals surface area contributed by atoms with Crippen LogP contribution in [-0.4, -0.2) is 28.0 Å². The van der Waals surface area contributed by atoms with Crippen molar-refractivity contribution < 1.29 is 17.9 Å². The lowest BCUT2D eigenvalue weighted by atomic mass is 10.2. The number of anilines is 1. The zero-order chi connectivity index (χ0) is 17.9. The average Bonchev–Trinajstić information content (AvgIpc) is 2.56. The van der Waals surface area contributed by atoms with E-state index in [0.29, 0.717) is 5.69 Å². The van der Waals surface area contributed by atoms with E-state index in [-0.39, 0.29) is 27.1 Å². The molecule has 0 aliphatic heterocycles. The first-order valence-corrected chi connectivity index (χ1v) is 9.18. The van der Waals surface area contributed by atoms with E-state index in [2.05, 4.69) is 0 Å². The second kappa shape index (κ2) is 7.42. The minimum absolute atomic E-state index is 0.0628. The van der Waals surface area contributed by atoms with Crippen molar-refractivity contribution in [3.63, 3.8) is 0 Å². The molecule has 0 amide bonds. The average molecular weight is 388 g/mol. The van der Waals surface area contributed by atoms with E-state index in [4.69, 9.17) is 27.9 Å². The maximum Gasteiger partial charge on any atom is 0.338 e. The Bertz CT molecular complexity index is 868. The predicted octanol–water partition coefficient (Wildman–Crippen LogP) is 4.00. The molecule has 5 nitrogen and oxygen atoms in total. The summed E-state index contributed by atoms with van der Waals surface area (Å²) in [6.45, 7) is 1.93. The Kier molecular flexibility index (Phi) is 5.74. The van der Waals surface area contributed by atoms with E-state index in [1.165, 1.54) is 31.3 Å². The summed E-state index contributed by atoms with van der Waals surface area (Å²) in [5.41, 5.74) is 0.560. The zero-order valence-corrected chi connectivity index (χ0v) is 15.3. The van der Waals surface area contributed by atoms with E-state index < -0.39 is 16.0 Å². The summed E-state index contributed by atoms with van der Waals surface area (Å²) in [6.07, 6.45) is 0. The monoisotopic (exact) mass is 387 g/mol. The first-order valence-electron chi connectivity index (χ1n) is 6.98. The number of carbonyl (C=O) groups excluding carboxylic acids is 1. The lowest BCUT2D eigenvalue weighted by Crippen LogP contribution is -2.27. The molecular weight excluding hydrogens is 373 g/mol. The van der Waals surface area contributed by atoms with Crippen molar-refractivity contribution in [3.05, 3.63) is 58.1 Å². The Morgan fingerprint density at radius 1 is 1.17 bits per heavy atom. The van der Waals surface area contributed by atoms with Crippen LogP contribution in [0.1, 0.15) is 17.3 Å². The normalized spacial score (nSPS) is 11.2. The van der Waals surface area contributed by atoms with Crippen molar-refractivity contribution in [2.24, 2.45) is 0 Å². The molecule has 8 heteroatoms. The molecule has 2 aromatic carbocycles. The molecule has 0 aliphatic rings. The van der Waals surface area contributed by atoms with Crippen LogP contribution in [0.2, 0.25) is 10.0 Å². The Morgan fingerprint density at radius 2 is 1.88 bits per heavy atom. The minimum Gasteiger partial charge on any atom is -0.462 e. The van der Waals surface area contributed by atoms with Gasteiger partial charge in [0.1, 0.15) is 4.90 Å². The van der Waals surface area contributed by atoms with Crippen molar-refractivity contribution >= 4 is 44.9 Å². The number of rotatable bonds is 5. The number of sulfonamides is 1. The lowest BCUT2D eigenvalue weighted by molar-refractivity contribution is 0.0526. The van der Waals surface area contributed by atoms with Crippen LogP contribution in [0, 0.1) is 0 Å². The molecule has 0 aromatic heterocycles. The molecule has 0 spiro atoms. The SMILES string of the molecule is CCOC(=O)c1cccc(N(C)S(=O)(=O)c2cc(Cl)ccc2Cl)c1. The molecule has 0 saturated carbocycles. The number of halogens is 2. The molecule has 0 aliphatic carbocycles. The van der Waals surface area contributed by atoms with Gasteiger partial charge < -0.3 is 4.74 Å². The Labute approximate surface area is 150 Å². The fraction of sp³-hybridized carbons (Fsp3) is 0.188. The standard InChI is InChI=1S/C16H15Cl2NO4S/c1-3-23-16(20)11-5-4-6-13(9-11)19(2)24(21,22)15-10-12(17)7-8-14(15)18/h4-10H,3H2,1-2H3. The maximum absolute atomic E-state index is 12.8. The van der Waals surface area contributed by atoms with Crippen LogP contribution in [-0.2, 0) is 14.8 Å². The molecule has 0 bridgehead atoms. The Morgan fingerprint density at radius 3 is 2.54 bits per heavy atom. The Balaban J connectivity index is 2.44. The third-order valence-electron chi connectivity index (χ3n) is 3.25. The van der Waals surface area contributed by atoms with E-state index in [1.54, 1.807) is 25.1 Å². The smallest absolute Gasteiger partial charge is 0.338 e. The molecule has 0 saturated heterocycles.